The van der Waals surface area contributed by atoms with Crippen molar-refractivity contribution in [3.63, 3.8) is 0 Å². The quantitative estimate of drug-likeness (QED) is 0.628. The molecule has 2 aromatic carbocycles. The zero-order chi connectivity index (χ0) is 11.8. The summed E-state index contributed by atoms with van der Waals surface area (Å²) in [6, 6.07) is 18.5. The van der Waals surface area contributed by atoms with Gasteiger partial charge in [-0.2, -0.15) is 0 Å². The predicted octanol–water partition coefficient (Wildman–Crippen LogP) is 3.43. The molecule has 2 heteroatoms. The lowest BCUT2D eigenvalue weighted by molar-refractivity contribution is 0.978. The third-order valence-corrected chi connectivity index (χ3v) is 3.19. The van der Waals surface area contributed by atoms with Crippen molar-refractivity contribution in [1.82, 2.24) is 4.57 Å². The van der Waals surface area contributed by atoms with Crippen LogP contribution in [0.5, 0.6) is 0 Å². The molecule has 2 N–H and O–H groups in total. The van der Waals surface area contributed by atoms with Crippen molar-refractivity contribution in [3.05, 3.63) is 54.6 Å². The molecule has 1 aromatic heterocycles. The van der Waals surface area contributed by atoms with Crippen LogP contribution in [0, 0.1) is 0 Å². The summed E-state index contributed by atoms with van der Waals surface area (Å²) in [6.07, 6.45) is 0. The molecular weight excluding hydrogens is 208 g/mol. The highest BCUT2D eigenvalue weighted by Crippen LogP contribution is 2.30. The molecule has 2 nitrogen and oxygen atoms in total. The van der Waals surface area contributed by atoms with Crippen LogP contribution in [0.3, 0.4) is 0 Å². The van der Waals surface area contributed by atoms with Gasteiger partial charge in [-0.05, 0) is 23.8 Å². The Morgan fingerprint density at radius 1 is 0.941 bits per heavy atom. The van der Waals surface area contributed by atoms with Crippen molar-refractivity contribution in [3.8, 4) is 11.3 Å². The smallest absolute Gasteiger partial charge is 0.0503 e. The first kappa shape index (κ1) is 9.97. The molecule has 0 saturated heterocycles. The Bertz CT molecular complexity index is 666. The minimum Gasteiger partial charge on any atom is -0.398 e. The molecule has 0 bridgehead atoms. The van der Waals surface area contributed by atoms with E-state index in [0.717, 1.165) is 11.1 Å². The Hall–Kier alpha value is -2.22. The molecule has 0 radical (unpaired) electrons. The number of nitrogens with two attached hydrogens (primary N) is 1. The summed E-state index contributed by atoms with van der Waals surface area (Å²) in [6.45, 7) is 0. The second-order valence-electron chi connectivity index (χ2n) is 4.23. The highest BCUT2D eigenvalue weighted by Gasteiger charge is 2.08. The average molecular weight is 222 g/mol. The summed E-state index contributed by atoms with van der Waals surface area (Å²) < 4.78 is 2.18. The lowest BCUT2D eigenvalue weighted by atomic mass is 10.1. The summed E-state index contributed by atoms with van der Waals surface area (Å²) in [5.74, 6) is 0. The first-order valence-corrected chi connectivity index (χ1v) is 5.67. The summed E-state index contributed by atoms with van der Waals surface area (Å²) in [5, 5.41) is 1.12. The molecule has 0 amide bonds. The van der Waals surface area contributed by atoms with Gasteiger partial charge in [0.25, 0.3) is 0 Å². The fraction of sp³-hybridized carbons (Fsp3) is 0.0667. The van der Waals surface area contributed by atoms with Gasteiger partial charge in [-0.1, -0.05) is 36.4 Å². The van der Waals surface area contributed by atoms with Crippen LogP contribution < -0.4 is 5.73 Å². The first-order valence-electron chi connectivity index (χ1n) is 5.67. The average Bonchev–Trinajstić information content (AvgIpc) is 2.70. The van der Waals surface area contributed by atoms with Crippen LogP contribution in [-0.4, -0.2) is 4.57 Å². The van der Waals surface area contributed by atoms with Gasteiger partial charge < -0.3 is 10.3 Å². The largest absolute Gasteiger partial charge is 0.398 e. The Kier molecular flexibility index (Phi) is 2.15. The van der Waals surface area contributed by atoms with Crippen LogP contribution in [0.2, 0.25) is 0 Å². The van der Waals surface area contributed by atoms with Gasteiger partial charge in [0, 0.05) is 23.8 Å². The number of nitrogens with zero attached hydrogens (tertiary/aromatic N) is 1. The molecular formula is C15H14N2. The Balaban J connectivity index is 2.32. The number of rotatable bonds is 1. The molecule has 0 aliphatic rings. The van der Waals surface area contributed by atoms with Gasteiger partial charge in [0.1, 0.15) is 0 Å². The number of hydrogen-bond acceptors (Lipinski definition) is 1. The van der Waals surface area contributed by atoms with E-state index in [1.165, 1.54) is 16.8 Å². The van der Waals surface area contributed by atoms with Gasteiger partial charge in [-0.25, -0.2) is 0 Å². The minimum atomic E-state index is 0.834. The lowest BCUT2D eigenvalue weighted by Crippen LogP contribution is -1.91. The van der Waals surface area contributed by atoms with Gasteiger partial charge in [-0.15, -0.1) is 0 Å². The van der Waals surface area contributed by atoms with E-state index in [9.17, 15) is 0 Å². The monoisotopic (exact) mass is 222 g/mol. The van der Waals surface area contributed by atoms with Gasteiger partial charge in [-0.3, -0.25) is 0 Å². The Morgan fingerprint density at radius 3 is 2.41 bits per heavy atom. The van der Waals surface area contributed by atoms with Crippen LogP contribution in [0.4, 0.5) is 5.69 Å². The Labute approximate surface area is 100 Å². The van der Waals surface area contributed by atoms with Crippen LogP contribution in [0.25, 0.3) is 22.2 Å². The maximum Gasteiger partial charge on any atom is 0.0503 e. The molecule has 0 spiro atoms. The van der Waals surface area contributed by atoms with Crippen molar-refractivity contribution in [2.24, 2.45) is 7.05 Å². The highest BCUT2D eigenvalue weighted by molar-refractivity contribution is 5.95. The minimum absolute atomic E-state index is 0.834. The summed E-state index contributed by atoms with van der Waals surface area (Å²) in [7, 11) is 2.07. The molecule has 0 aliphatic heterocycles. The van der Waals surface area contributed by atoms with Crippen LogP contribution in [0.15, 0.2) is 54.6 Å². The SMILES string of the molecule is Cn1c(-c2ccccc2)cc2c(N)cccc21. The number of benzene rings is 2. The highest BCUT2D eigenvalue weighted by atomic mass is 14.9. The molecule has 0 aliphatic carbocycles. The van der Waals surface area contributed by atoms with E-state index >= 15 is 0 Å². The molecule has 1 heterocycles. The van der Waals surface area contributed by atoms with Crippen LogP contribution >= 0.6 is 0 Å². The summed E-state index contributed by atoms with van der Waals surface area (Å²) in [4.78, 5) is 0. The van der Waals surface area contributed by atoms with E-state index in [4.69, 9.17) is 5.73 Å². The third-order valence-electron chi connectivity index (χ3n) is 3.19. The summed E-state index contributed by atoms with van der Waals surface area (Å²) >= 11 is 0. The fourth-order valence-electron chi connectivity index (χ4n) is 2.27. The first-order chi connectivity index (χ1) is 8.27. The van der Waals surface area contributed by atoms with Crippen LogP contribution in [0.1, 0.15) is 0 Å². The van der Waals surface area contributed by atoms with E-state index in [-0.39, 0.29) is 0 Å². The summed E-state index contributed by atoms with van der Waals surface area (Å²) in [5.41, 5.74) is 10.4. The van der Waals surface area contributed by atoms with Crippen molar-refractivity contribution in [2.45, 2.75) is 0 Å². The van der Waals surface area contributed by atoms with E-state index in [1.54, 1.807) is 0 Å². The molecule has 0 unspecified atom stereocenters. The number of fused-ring (bicyclic) bond motifs is 1. The zero-order valence-electron chi connectivity index (χ0n) is 9.72. The molecule has 17 heavy (non-hydrogen) atoms. The predicted molar refractivity (Wildman–Crippen MR) is 72.8 cm³/mol. The number of hydrogen-bond donors (Lipinski definition) is 1. The van der Waals surface area contributed by atoms with Gasteiger partial charge in [0.05, 0.1) is 5.52 Å². The molecule has 84 valence electrons. The van der Waals surface area contributed by atoms with Gasteiger partial charge >= 0.3 is 0 Å². The van der Waals surface area contributed by atoms with E-state index in [0.29, 0.717) is 0 Å². The van der Waals surface area contributed by atoms with Crippen molar-refractivity contribution < 1.29 is 0 Å². The normalized spacial score (nSPS) is 10.9. The fourth-order valence-corrected chi connectivity index (χ4v) is 2.27. The molecule has 0 saturated carbocycles. The standard InChI is InChI=1S/C15H14N2/c1-17-14-9-5-8-13(16)12(14)10-15(17)11-6-3-2-4-7-11/h2-10H,16H2,1H3. The van der Waals surface area contributed by atoms with Crippen molar-refractivity contribution >= 4 is 16.6 Å². The van der Waals surface area contributed by atoms with Crippen LogP contribution in [-0.2, 0) is 7.05 Å². The zero-order valence-corrected chi connectivity index (χ0v) is 9.72. The maximum absolute atomic E-state index is 6.00. The second kappa shape index (κ2) is 3.67. The molecule has 0 atom stereocenters. The lowest BCUT2D eigenvalue weighted by Gasteiger charge is -2.03. The number of anilines is 1. The van der Waals surface area contributed by atoms with E-state index in [1.807, 2.05) is 18.2 Å². The Morgan fingerprint density at radius 2 is 1.71 bits per heavy atom. The molecule has 3 aromatic rings. The van der Waals surface area contributed by atoms with Gasteiger partial charge in [0.15, 0.2) is 0 Å². The maximum atomic E-state index is 6.00. The van der Waals surface area contributed by atoms with E-state index < -0.39 is 0 Å². The van der Waals surface area contributed by atoms with Crippen molar-refractivity contribution in [1.29, 1.82) is 0 Å². The van der Waals surface area contributed by atoms with E-state index in [2.05, 4.69) is 48.0 Å². The second-order valence-corrected chi connectivity index (χ2v) is 4.23. The third kappa shape index (κ3) is 1.49. The van der Waals surface area contributed by atoms with Crippen molar-refractivity contribution in [2.75, 3.05) is 5.73 Å². The topological polar surface area (TPSA) is 30.9 Å². The number of nitrogen functional groups attached to an aromatic ring is 1. The number of aromatic nitrogens is 1. The number of aryl methyl sites for hydroxylation is 1. The molecule has 0 fully saturated rings. The van der Waals surface area contributed by atoms with Gasteiger partial charge in [0.2, 0.25) is 0 Å². The molecule has 3 rings (SSSR count).